The van der Waals surface area contributed by atoms with E-state index in [1.54, 1.807) is 6.07 Å². The van der Waals surface area contributed by atoms with Crippen LogP contribution in [0.2, 0.25) is 5.02 Å². The first-order valence-corrected chi connectivity index (χ1v) is 6.45. The highest BCUT2D eigenvalue weighted by atomic mass is 35.5. The van der Waals surface area contributed by atoms with E-state index in [0.29, 0.717) is 16.7 Å². The van der Waals surface area contributed by atoms with Gasteiger partial charge in [-0.3, -0.25) is 0 Å². The average molecular weight is 300 g/mol. The number of halogens is 2. The van der Waals surface area contributed by atoms with Crippen molar-refractivity contribution in [2.75, 3.05) is 0 Å². The minimum absolute atomic E-state index is 0. The molecule has 1 aromatic carbocycles. The molecule has 0 amide bonds. The molecule has 1 saturated carbocycles. The van der Waals surface area contributed by atoms with E-state index in [4.69, 9.17) is 21.9 Å². The molecule has 1 aromatic heterocycles. The van der Waals surface area contributed by atoms with Crippen LogP contribution in [0, 0.1) is 0 Å². The largest absolute Gasteiger partial charge is 0.337 e. The highest BCUT2D eigenvalue weighted by Crippen LogP contribution is 2.36. The van der Waals surface area contributed by atoms with Crippen molar-refractivity contribution in [3.05, 3.63) is 35.2 Å². The Labute approximate surface area is 122 Å². The Kier molecular flexibility index (Phi) is 4.13. The molecular formula is C13H15Cl2N3O. The summed E-state index contributed by atoms with van der Waals surface area (Å²) in [5.41, 5.74) is 6.60. The summed E-state index contributed by atoms with van der Waals surface area (Å²) in [4.78, 5) is 4.41. The van der Waals surface area contributed by atoms with Crippen molar-refractivity contribution in [3.8, 4) is 11.4 Å². The lowest BCUT2D eigenvalue weighted by atomic mass is 9.99. The lowest BCUT2D eigenvalue weighted by molar-refractivity contribution is 0.285. The molecule has 2 aromatic rings. The Morgan fingerprint density at radius 2 is 1.89 bits per heavy atom. The molecule has 3 rings (SSSR count). The molecule has 1 aliphatic carbocycles. The highest BCUT2D eigenvalue weighted by Gasteiger charge is 2.37. The molecule has 4 nitrogen and oxygen atoms in total. The van der Waals surface area contributed by atoms with Gasteiger partial charge in [0.25, 0.3) is 0 Å². The third kappa shape index (κ3) is 2.61. The molecule has 2 N–H and O–H groups in total. The van der Waals surface area contributed by atoms with Gasteiger partial charge < -0.3 is 10.3 Å². The molecule has 102 valence electrons. The molecule has 1 fully saturated rings. The van der Waals surface area contributed by atoms with E-state index in [2.05, 4.69) is 10.1 Å². The predicted octanol–water partition coefficient (Wildman–Crippen LogP) is 3.54. The monoisotopic (exact) mass is 299 g/mol. The zero-order valence-electron chi connectivity index (χ0n) is 10.3. The van der Waals surface area contributed by atoms with Crippen molar-refractivity contribution in [2.24, 2.45) is 5.73 Å². The minimum atomic E-state index is -0.452. The van der Waals surface area contributed by atoms with Crippen LogP contribution < -0.4 is 5.73 Å². The molecule has 0 radical (unpaired) electrons. The first-order valence-electron chi connectivity index (χ1n) is 6.07. The maximum absolute atomic E-state index is 6.28. The fourth-order valence-electron chi connectivity index (χ4n) is 2.40. The summed E-state index contributed by atoms with van der Waals surface area (Å²) in [6, 6.07) is 7.44. The number of benzene rings is 1. The van der Waals surface area contributed by atoms with Gasteiger partial charge >= 0.3 is 0 Å². The van der Waals surface area contributed by atoms with E-state index in [0.717, 1.165) is 31.2 Å². The first-order chi connectivity index (χ1) is 8.69. The Hall–Kier alpha value is -1.10. The van der Waals surface area contributed by atoms with Crippen molar-refractivity contribution < 1.29 is 4.52 Å². The first kappa shape index (κ1) is 14.3. The highest BCUT2D eigenvalue weighted by molar-refractivity contribution is 6.33. The number of rotatable bonds is 2. The average Bonchev–Trinajstić information content (AvgIpc) is 2.99. The van der Waals surface area contributed by atoms with E-state index >= 15 is 0 Å². The van der Waals surface area contributed by atoms with Gasteiger partial charge in [-0.05, 0) is 25.0 Å². The number of aromatic nitrogens is 2. The van der Waals surface area contributed by atoms with Crippen LogP contribution >= 0.6 is 24.0 Å². The van der Waals surface area contributed by atoms with Crippen LogP contribution in [0.5, 0.6) is 0 Å². The summed E-state index contributed by atoms with van der Waals surface area (Å²) in [6.45, 7) is 0. The summed E-state index contributed by atoms with van der Waals surface area (Å²) < 4.78 is 5.32. The van der Waals surface area contributed by atoms with Crippen molar-refractivity contribution in [1.82, 2.24) is 10.1 Å². The summed E-state index contributed by atoms with van der Waals surface area (Å²) in [5, 5.41) is 4.60. The van der Waals surface area contributed by atoms with Crippen LogP contribution in [0.25, 0.3) is 11.4 Å². The minimum Gasteiger partial charge on any atom is -0.337 e. The summed E-state index contributed by atoms with van der Waals surface area (Å²) in [6.07, 6.45) is 4.02. The number of hydrogen-bond acceptors (Lipinski definition) is 4. The predicted molar refractivity (Wildman–Crippen MR) is 76.3 cm³/mol. The molecule has 1 heterocycles. The van der Waals surface area contributed by atoms with E-state index in [-0.39, 0.29) is 12.4 Å². The fraction of sp³-hybridized carbons (Fsp3) is 0.385. The maximum Gasteiger partial charge on any atom is 0.247 e. The van der Waals surface area contributed by atoms with Gasteiger partial charge in [0.15, 0.2) is 0 Å². The smallest absolute Gasteiger partial charge is 0.247 e. The van der Waals surface area contributed by atoms with Crippen LogP contribution in [0.4, 0.5) is 0 Å². The van der Waals surface area contributed by atoms with Crippen molar-refractivity contribution >= 4 is 24.0 Å². The Morgan fingerprint density at radius 3 is 2.58 bits per heavy atom. The van der Waals surface area contributed by atoms with Gasteiger partial charge in [-0.25, -0.2) is 0 Å². The van der Waals surface area contributed by atoms with Gasteiger partial charge in [-0.15, -0.1) is 12.4 Å². The van der Waals surface area contributed by atoms with Crippen LogP contribution in [0.3, 0.4) is 0 Å². The lowest BCUT2D eigenvalue weighted by Gasteiger charge is -2.17. The second-order valence-corrected chi connectivity index (χ2v) is 5.17. The summed E-state index contributed by atoms with van der Waals surface area (Å²) >= 11 is 6.11. The van der Waals surface area contributed by atoms with Crippen molar-refractivity contribution in [1.29, 1.82) is 0 Å². The number of nitrogens with two attached hydrogens (primary N) is 1. The molecule has 0 atom stereocenters. The van der Waals surface area contributed by atoms with E-state index in [9.17, 15) is 0 Å². The molecule has 6 heteroatoms. The third-order valence-corrected chi connectivity index (χ3v) is 3.79. The normalized spacial score (nSPS) is 17.2. The van der Waals surface area contributed by atoms with Gasteiger partial charge in [0, 0.05) is 5.56 Å². The molecule has 1 aliphatic rings. The van der Waals surface area contributed by atoms with E-state index in [1.165, 1.54) is 0 Å². The molecule has 19 heavy (non-hydrogen) atoms. The van der Waals surface area contributed by atoms with E-state index < -0.39 is 5.54 Å². The van der Waals surface area contributed by atoms with Crippen LogP contribution in [0.15, 0.2) is 28.8 Å². The number of nitrogens with zero attached hydrogens (tertiary/aromatic N) is 2. The molecule has 0 spiro atoms. The summed E-state index contributed by atoms with van der Waals surface area (Å²) in [7, 11) is 0. The number of hydrogen-bond donors (Lipinski definition) is 1. The lowest BCUT2D eigenvalue weighted by Crippen LogP contribution is -2.33. The third-order valence-electron chi connectivity index (χ3n) is 3.46. The molecule has 0 saturated heterocycles. The second-order valence-electron chi connectivity index (χ2n) is 4.77. The van der Waals surface area contributed by atoms with Crippen LogP contribution in [-0.4, -0.2) is 10.1 Å². The summed E-state index contributed by atoms with van der Waals surface area (Å²) in [5.74, 6) is 1.03. The molecular weight excluding hydrogens is 285 g/mol. The van der Waals surface area contributed by atoms with Gasteiger partial charge in [0.2, 0.25) is 11.7 Å². The second kappa shape index (κ2) is 5.49. The van der Waals surface area contributed by atoms with Gasteiger partial charge in [-0.1, -0.05) is 41.7 Å². The van der Waals surface area contributed by atoms with Crippen molar-refractivity contribution in [2.45, 2.75) is 31.2 Å². The molecule has 0 bridgehead atoms. The maximum atomic E-state index is 6.28. The van der Waals surface area contributed by atoms with Crippen molar-refractivity contribution in [3.63, 3.8) is 0 Å². The van der Waals surface area contributed by atoms with Crippen LogP contribution in [-0.2, 0) is 5.54 Å². The SMILES string of the molecule is Cl.NC1(c2nc(-c3ccccc3Cl)no2)CCCC1. The Bertz CT molecular complexity index is 565. The Morgan fingerprint density at radius 1 is 1.21 bits per heavy atom. The topological polar surface area (TPSA) is 64.9 Å². The van der Waals surface area contributed by atoms with Gasteiger partial charge in [-0.2, -0.15) is 4.98 Å². The van der Waals surface area contributed by atoms with Gasteiger partial charge in [0.05, 0.1) is 10.6 Å². The van der Waals surface area contributed by atoms with E-state index in [1.807, 2.05) is 18.2 Å². The fourth-order valence-corrected chi connectivity index (χ4v) is 2.62. The zero-order valence-corrected chi connectivity index (χ0v) is 11.9. The zero-order chi connectivity index (χ0) is 12.6. The van der Waals surface area contributed by atoms with Crippen LogP contribution in [0.1, 0.15) is 31.6 Å². The van der Waals surface area contributed by atoms with Gasteiger partial charge in [0.1, 0.15) is 0 Å². The quantitative estimate of drug-likeness (QED) is 0.921. The molecule has 0 aliphatic heterocycles. The standard InChI is InChI=1S/C13H14ClN3O.ClH/c14-10-6-2-1-5-9(10)11-16-12(18-17-11)13(15)7-3-4-8-13;/h1-2,5-6H,3-4,7-8,15H2;1H. The Balaban J connectivity index is 0.00000133. The molecule has 0 unspecified atom stereocenters.